The minimum absolute atomic E-state index is 0.0184. The molecule has 0 aliphatic rings. The Bertz CT molecular complexity index is 653. The molecule has 7 nitrogen and oxygen atoms in total. The predicted molar refractivity (Wildman–Crippen MR) is 76.3 cm³/mol. The van der Waals surface area contributed by atoms with Gasteiger partial charge in [0, 0.05) is 0 Å². The van der Waals surface area contributed by atoms with E-state index in [1.807, 2.05) is 0 Å². The number of rotatable bonds is 7. The zero-order valence-electron chi connectivity index (χ0n) is 11.2. The number of nitrogens with one attached hydrogen (secondary N) is 1. The van der Waals surface area contributed by atoms with Crippen LogP contribution < -0.4 is 9.86 Å². The van der Waals surface area contributed by atoms with Gasteiger partial charge in [0.05, 0.1) is 24.2 Å². The maximum absolute atomic E-state index is 11.8. The van der Waals surface area contributed by atoms with E-state index in [9.17, 15) is 16.8 Å². The molecular formula is C11H18N2O5S2. The van der Waals surface area contributed by atoms with Crippen LogP contribution in [0.25, 0.3) is 0 Å². The highest BCUT2D eigenvalue weighted by Gasteiger charge is 2.18. The smallest absolute Gasteiger partial charge is 0.240 e. The summed E-state index contributed by atoms with van der Waals surface area (Å²) in [6.45, 7) is 3.59. The summed E-state index contributed by atoms with van der Waals surface area (Å²) >= 11 is 0. The van der Waals surface area contributed by atoms with Gasteiger partial charge in [-0.2, -0.15) is 0 Å². The Morgan fingerprint density at radius 1 is 1.20 bits per heavy atom. The van der Waals surface area contributed by atoms with Crippen molar-refractivity contribution in [1.82, 2.24) is 0 Å². The fraction of sp³-hybridized carbons (Fsp3) is 0.455. The highest BCUT2D eigenvalue weighted by atomic mass is 32.2. The Morgan fingerprint density at radius 2 is 1.80 bits per heavy atom. The summed E-state index contributed by atoms with van der Waals surface area (Å²) < 4.78 is 53.7. The van der Waals surface area contributed by atoms with E-state index in [0.29, 0.717) is 0 Å². The molecule has 0 heterocycles. The Balaban J connectivity index is 2.88. The molecule has 1 aromatic rings. The second-order valence-corrected chi connectivity index (χ2v) is 7.75. The van der Waals surface area contributed by atoms with Crippen LogP contribution in [0, 0.1) is 0 Å². The average molecular weight is 322 g/mol. The molecule has 1 rings (SSSR count). The van der Waals surface area contributed by atoms with Gasteiger partial charge in [-0.3, -0.25) is 4.72 Å². The maximum Gasteiger partial charge on any atom is 0.240 e. The van der Waals surface area contributed by atoms with Gasteiger partial charge in [-0.25, -0.2) is 22.0 Å². The molecule has 0 radical (unpaired) electrons. The van der Waals surface area contributed by atoms with Crippen molar-refractivity contribution >= 4 is 25.7 Å². The molecule has 0 spiro atoms. The van der Waals surface area contributed by atoms with Crippen LogP contribution >= 0.6 is 0 Å². The number of nitrogens with two attached hydrogens (primary N) is 1. The third kappa shape index (κ3) is 5.45. The van der Waals surface area contributed by atoms with Gasteiger partial charge in [0.1, 0.15) is 4.90 Å². The summed E-state index contributed by atoms with van der Waals surface area (Å²) in [5, 5.41) is 5.03. The fourth-order valence-corrected chi connectivity index (χ4v) is 3.10. The van der Waals surface area contributed by atoms with E-state index in [2.05, 4.69) is 4.72 Å². The molecule has 0 aromatic heterocycles. The summed E-state index contributed by atoms with van der Waals surface area (Å²) in [5.74, 6) is -0.274. The van der Waals surface area contributed by atoms with E-state index < -0.39 is 20.0 Å². The van der Waals surface area contributed by atoms with E-state index in [0.717, 1.165) is 0 Å². The molecule has 3 N–H and O–H groups in total. The molecule has 0 aliphatic heterocycles. The van der Waals surface area contributed by atoms with E-state index in [1.165, 1.54) is 24.3 Å². The number of primary sulfonamides is 1. The highest BCUT2D eigenvalue weighted by Crippen LogP contribution is 2.20. The molecule has 0 fully saturated rings. The first-order valence-corrected chi connectivity index (χ1v) is 9.05. The predicted octanol–water partition coefficient (Wildman–Crippen LogP) is 0.501. The van der Waals surface area contributed by atoms with E-state index in [4.69, 9.17) is 9.88 Å². The summed E-state index contributed by atoms with van der Waals surface area (Å²) in [6.07, 6.45) is -0.0816. The van der Waals surface area contributed by atoms with E-state index >= 15 is 0 Å². The lowest BCUT2D eigenvalue weighted by Crippen LogP contribution is -2.23. The van der Waals surface area contributed by atoms with E-state index in [1.54, 1.807) is 13.8 Å². The number of ether oxygens (including phenoxy) is 1. The Hall–Kier alpha value is -1.16. The van der Waals surface area contributed by atoms with Crippen LogP contribution in [0.4, 0.5) is 5.69 Å². The molecule has 0 saturated carbocycles. The molecule has 0 aliphatic carbocycles. The molecule has 1 aromatic carbocycles. The van der Waals surface area contributed by atoms with E-state index in [-0.39, 0.29) is 29.0 Å². The highest BCUT2D eigenvalue weighted by molar-refractivity contribution is 7.93. The van der Waals surface area contributed by atoms with Crippen molar-refractivity contribution in [1.29, 1.82) is 0 Å². The number of anilines is 1. The van der Waals surface area contributed by atoms with Gasteiger partial charge in [0.25, 0.3) is 0 Å². The largest absolute Gasteiger partial charge is 0.378 e. The van der Waals surface area contributed by atoms with Crippen LogP contribution in [0.3, 0.4) is 0 Å². The number of benzene rings is 1. The van der Waals surface area contributed by atoms with Gasteiger partial charge in [0.15, 0.2) is 0 Å². The molecule has 0 amide bonds. The van der Waals surface area contributed by atoms with Crippen LogP contribution in [0.1, 0.15) is 13.8 Å². The van der Waals surface area contributed by atoms with Crippen LogP contribution in [-0.4, -0.2) is 35.3 Å². The third-order valence-corrected chi connectivity index (χ3v) is 4.47. The SMILES string of the molecule is CC(C)OCCS(=O)(=O)Nc1ccccc1S(N)(=O)=O. The lowest BCUT2D eigenvalue weighted by atomic mass is 10.3. The van der Waals surface area contributed by atoms with Gasteiger partial charge >= 0.3 is 0 Å². The summed E-state index contributed by atoms with van der Waals surface area (Å²) in [5.41, 5.74) is -0.0699. The molecule has 0 bridgehead atoms. The monoisotopic (exact) mass is 322 g/mol. The molecule has 20 heavy (non-hydrogen) atoms. The first-order valence-electron chi connectivity index (χ1n) is 5.86. The van der Waals surface area contributed by atoms with Gasteiger partial charge in [-0.15, -0.1) is 0 Å². The van der Waals surface area contributed by atoms with Crippen molar-refractivity contribution in [2.24, 2.45) is 5.14 Å². The van der Waals surface area contributed by atoms with Crippen LogP contribution in [0.2, 0.25) is 0 Å². The third-order valence-electron chi connectivity index (χ3n) is 2.26. The first kappa shape index (κ1) is 16.9. The van der Waals surface area contributed by atoms with Gasteiger partial charge in [-0.1, -0.05) is 12.1 Å². The van der Waals surface area contributed by atoms with Gasteiger partial charge in [-0.05, 0) is 26.0 Å². The summed E-state index contributed by atoms with van der Waals surface area (Å²) in [6, 6.07) is 5.54. The molecule has 0 unspecified atom stereocenters. The minimum Gasteiger partial charge on any atom is -0.378 e. The Morgan fingerprint density at radius 3 is 2.35 bits per heavy atom. The molecule has 9 heteroatoms. The van der Waals surface area contributed by atoms with Gasteiger partial charge in [0.2, 0.25) is 20.0 Å². The Kier molecular flexibility index (Phi) is 5.51. The fourth-order valence-electron chi connectivity index (χ4n) is 1.41. The maximum atomic E-state index is 11.8. The number of hydrogen-bond acceptors (Lipinski definition) is 5. The zero-order valence-corrected chi connectivity index (χ0v) is 12.9. The minimum atomic E-state index is -4.00. The second kappa shape index (κ2) is 6.53. The standard InChI is InChI=1S/C11H18N2O5S2/c1-9(2)18-7-8-19(14,15)13-10-5-3-4-6-11(10)20(12,16)17/h3-6,9,13H,7-8H2,1-2H3,(H2,12,16,17). The number of para-hydroxylation sites is 1. The van der Waals surface area contributed by atoms with Crippen LogP contribution in [-0.2, 0) is 24.8 Å². The lowest BCUT2D eigenvalue weighted by Gasteiger charge is -2.12. The molecular weight excluding hydrogens is 304 g/mol. The topological polar surface area (TPSA) is 116 Å². The van der Waals surface area contributed by atoms with Gasteiger partial charge < -0.3 is 4.74 Å². The first-order chi connectivity index (χ1) is 9.12. The Labute approximate surface area is 119 Å². The van der Waals surface area contributed by atoms with Crippen molar-refractivity contribution in [3.05, 3.63) is 24.3 Å². The summed E-state index contributed by atoms with van der Waals surface area (Å²) in [4.78, 5) is -0.270. The number of sulfonamides is 2. The second-order valence-electron chi connectivity index (χ2n) is 4.38. The van der Waals surface area contributed by atoms with Crippen molar-refractivity contribution in [2.75, 3.05) is 17.1 Å². The normalized spacial score (nSPS) is 12.6. The number of hydrogen-bond donors (Lipinski definition) is 2. The average Bonchev–Trinajstić information content (AvgIpc) is 2.26. The van der Waals surface area contributed by atoms with Crippen molar-refractivity contribution in [3.8, 4) is 0 Å². The quantitative estimate of drug-likeness (QED) is 0.758. The van der Waals surface area contributed by atoms with Crippen LogP contribution in [0.5, 0.6) is 0 Å². The molecule has 0 saturated heterocycles. The summed E-state index contributed by atoms with van der Waals surface area (Å²) in [7, 11) is -7.71. The van der Waals surface area contributed by atoms with Crippen LogP contribution in [0.15, 0.2) is 29.2 Å². The van der Waals surface area contributed by atoms with Crippen molar-refractivity contribution < 1.29 is 21.6 Å². The molecule has 0 atom stereocenters. The lowest BCUT2D eigenvalue weighted by molar-refractivity contribution is 0.0913. The molecule has 114 valence electrons. The van der Waals surface area contributed by atoms with Crippen molar-refractivity contribution in [3.63, 3.8) is 0 Å². The van der Waals surface area contributed by atoms with Crippen molar-refractivity contribution in [2.45, 2.75) is 24.8 Å². The zero-order chi connectivity index (χ0) is 15.4.